The second-order valence-electron chi connectivity index (χ2n) is 6.36. The molecule has 1 atom stereocenters. The summed E-state index contributed by atoms with van der Waals surface area (Å²) in [6.45, 7) is 8.06. The smallest absolute Gasteiger partial charge is 0.410 e. The van der Waals surface area contributed by atoms with Crippen molar-refractivity contribution in [3.05, 3.63) is 12.2 Å². The molecule has 0 aromatic carbocycles. The Kier molecular flexibility index (Phi) is 5.17. The van der Waals surface area contributed by atoms with Crippen molar-refractivity contribution in [3.63, 3.8) is 0 Å². The monoisotopic (exact) mass is 295 g/mol. The molecule has 7 heteroatoms. The van der Waals surface area contributed by atoms with E-state index in [4.69, 9.17) is 4.74 Å². The van der Waals surface area contributed by atoms with E-state index in [1.54, 1.807) is 0 Å². The van der Waals surface area contributed by atoms with Crippen molar-refractivity contribution < 1.29 is 9.53 Å². The summed E-state index contributed by atoms with van der Waals surface area (Å²) in [6.07, 6.45) is 4.17. The van der Waals surface area contributed by atoms with Gasteiger partial charge < -0.3 is 15.0 Å². The second-order valence-corrected chi connectivity index (χ2v) is 6.36. The van der Waals surface area contributed by atoms with Gasteiger partial charge in [0.25, 0.3) is 0 Å². The van der Waals surface area contributed by atoms with Gasteiger partial charge in [0, 0.05) is 32.1 Å². The third-order valence-corrected chi connectivity index (χ3v) is 3.39. The van der Waals surface area contributed by atoms with Gasteiger partial charge in [-0.2, -0.15) is 5.10 Å². The lowest BCUT2D eigenvalue weighted by molar-refractivity contribution is 0.0227. The molecule has 1 amide bonds. The zero-order valence-corrected chi connectivity index (χ0v) is 13.1. The van der Waals surface area contributed by atoms with Gasteiger partial charge in [0.15, 0.2) is 0 Å². The zero-order valence-electron chi connectivity index (χ0n) is 13.1. The van der Waals surface area contributed by atoms with Crippen LogP contribution in [0.4, 0.5) is 4.79 Å². The molecule has 1 saturated heterocycles. The van der Waals surface area contributed by atoms with Crippen molar-refractivity contribution in [1.29, 1.82) is 0 Å². The predicted molar refractivity (Wildman–Crippen MR) is 78.9 cm³/mol. The normalized spacial score (nSPS) is 19.0. The summed E-state index contributed by atoms with van der Waals surface area (Å²) in [5.41, 5.74) is -0.441. The number of hydrogen-bond donors (Lipinski definition) is 2. The molecule has 21 heavy (non-hydrogen) atoms. The Morgan fingerprint density at radius 2 is 2.38 bits per heavy atom. The largest absolute Gasteiger partial charge is 0.444 e. The fraction of sp³-hybridized carbons (Fsp3) is 0.786. The fourth-order valence-corrected chi connectivity index (χ4v) is 2.44. The van der Waals surface area contributed by atoms with Crippen molar-refractivity contribution in [2.24, 2.45) is 0 Å². The Balaban J connectivity index is 1.72. The molecule has 1 fully saturated rings. The highest BCUT2D eigenvalue weighted by atomic mass is 16.6. The molecule has 1 unspecified atom stereocenters. The zero-order chi connectivity index (χ0) is 15.3. The first-order chi connectivity index (χ1) is 9.96. The highest BCUT2D eigenvalue weighted by Crippen LogP contribution is 2.20. The third kappa shape index (κ3) is 5.00. The van der Waals surface area contributed by atoms with E-state index in [0.717, 1.165) is 44.7 Å². The molecule has 1 aromatic rings. The van der Waals surface area contributed by atoms with Crippen LogP contribution in [0.5, 0.6) is 0 Å². The van der Waals surface area contributed by atoms with Crippen LogP contribution in [-0.4, -0.2) is 57.5 Å². The van der Waals surface area contributed by atoms with Crippen LogP contribution in [0.15, 0.2) is 6.33 Å². The summed E-state index contributed by atoms with van der Waals surface area (Å²) in [4.78, 5) is 18.1. The Morgan fingerprint density at radius 3 is 3.05 bits per heavy atom. The van der Waals surface area contributed by atoms with Crippen LogP contribution in [0.2, 0.25) is 0 Å². The number of ether oxygens (including phenoxy) is 1. The molecule has 2 N–H and O–H groups in total. The first-order valence-corrected chi connectivity index (χ1v) is 7.50. The van der Waals surface area contributed by atoms with E-state index in [9.17, 15) is 4.79 Å². The van der Waals surface area contributed by atoms with Crippen LogP contribution in [-0.2, 0) is 11.2 Å². The standard InChI is InChI=1S/C14H25N5O2/c1-14(2,3)21-13(20)19-8-4-5-11(19)9-15-7-6-12-16-10-17-18-12/h10-11,15H,4-9H2,1-3H3,(H,16,17,18). The fourth-order valence-electron chi connectivity index (χ4n) is 2.44. The molecule has 0 bridgehead atoms. The van der Waals surface area contributed by atoms with Gasteiger partial charge in [0.1, 0.15) is 17.8 Å². The molecule has 2 rings (SSSR count). The van der Waals surface area contributed by atoms with E-state index in [0.29, 0.717) is 0 Å². The van der Waals surface area contributed by atoms with Crippen molar-refractivity contribution in [3.8, 4) is 0 Å². The average molecular weight is 295 g/mol. The number of H-pyrrole nitrogens is 1. The van der Waals surface area contributed by atoms with Crippen molar-refractivity contribution in [1.82, 2.24) is 25.4 Å². The number of aromatic nitrogens is 3. The maximum Gasteiger partial charge on any atom is 0.410 e. The van der Waals surface area contributed by atoms with Gasteiger partial charge >= 0.3 is 6.09 Å². The molecular weight excluding hydrogens is 270 g/mol. The summed E-state index contributed by atoms with van der Waals surface area (Å²) >= 11 is 0. The van der Waals surface area contributed by atoms with E-state index < -0.39 is 5.60 Å². The number of nitrogens with one attached hydrogen (secondary N) is 2. The highest BCUT2D eigenvalue weighted by molar-refractivity contribution is 5.69. The summed E-state index contributed by atoms with van der Waals surface area (Å²) < 4.78 is 5.45. The summed E-state index contributed by atoms with van der Waals surface area (Å²) in [6, 6.07) is 0.217. The molecule has 0 radical (unpaired) electrons. The molecule has 0 aliphatic carbocycles. The summed E-state index contributed by atoms with van der Waals surface area (Å²) in [7, 11) is 0. The summed E-state index contributed by atoms with van der Waals surface area (Å²) in [5, 5.41) is 10.0. The molecule has 118 valence electrons. The number of hydrogen-bond acceptors (Lipinski definition) is 5. The minimum Gasteiger partial charge on any atom is -0.444 e. The Morgan fingerprint density at radius 1 is 1.57 bits per heavy atom. The van der Waals surface area contributed by atoms with Crippen LogP contribution >= 0.6 is 0 Å². The van der Waals surface area contributed by atoms with Crippen molar-refractivity contribution in [2.45, 2.75) is 51.7 Å². The summed E-state index contributed by atoms with van der Waals surface area (Å²) in [5.74, 6) is 0.873. The minimum atomic E-state index is -0.441. The molecule has 1 aliphatic rings. The van der Waals surface area contributed by atoms with Crippen LogP contribution in [0.25, 0.3) is 0 Å². The Bertz CT molecular complexity index is 441. The van der Waals surface area contributed by atoms with E-state index >= 15 is 0 Å². The lowest BCUT2D eigenvalue weighted by atomic mass is 10.2. The number of carbonyl (C=O) groups excluding carboxylic acids is 1. The van der Waals surface area contributed by atoms with Crippen LogP contribution in [0, 0.1) is 0 Å². The molecule has 0 spiro atoms. The number of likely N-dealkylation sites (tertiary alicyclic amines) is 1. The van der Waals surface area contributed by atoms with Crippen LogP contribution in [0.1, 0.15) is 39.4 Å². The molecule has 2 heterocycles. The molecular formula is C14H25N5O2. The van der Waals surface area contributed by atoms with E-state index in [1.807, 2.05) is 25.7 Å². The predicted octanol–water partition coefficient (Wildman–Crippen LogP) is 1.34. The SMILES string of the molecule is CC(C)(C)OC(=O)N1CCCC1CNCCc1ncn[nH]1. The van der Waals surface area contributed by atoms with Gasteiger partial charge in [-0.3, -0.25) is 5.10 Å². The molecule has 0 saturated carbocycles. The van der Waals surface area contributed by atoms with Crippen LogP contribution in [0.3, 0.4) is 0 Å². The van der Waals surface area contributed by atoms with Gasteiger partial charge in [-0.25, -0.2) is 9.78 Å². The van der Waals surface area contributed by atoms with Gasteiger partial charge in [0.05, 0.1) is 0 Å². The van der Waals surface area contributed by atoms with Crippen molar-refractivity contribution >= 4 is 6.09 Å². The number of carbonyl (C=O) groups is 1. The van der Waals surface area contributed by atoms with Gasteiger partial charge in [-0.15, -0.1) is 0 Å². The lowest BCUT2D eigenvalue weighted by Crippen LogP contribution is -2.44. The first kappa shape index (κ1) is 15.8. The highest BCUT2D eigenvalue weighted by Gasteiger charge is 2.31. The van der Waals surface area contributed by atoms with E-state index in [-0.39, 0.29) is 12.1 Å². The van der Waals surface area contributed by atoms with Gasteiger partial charge in [-0.05, 0) is 33.6 Å². The maximum absolute atomic E-state index is 12.1. The number of nitrogens with zero attached hydrogens (tertiary/aromatic N) is 3. The second kappa shape index (κ2) is 6.89. The Hall–Kier alpha value is -1.63. The molecule has 1 aliphatic heterocycles. The lowest BCUT2D eigenvalue weighted by Gasteiger charge is -2.28. The third-order valence-electron chi connectivity index (χ3n) is 3.39. The number of aromatic amines is 1. The van der Waals surface area contributed by atoms with Gasteiger partial charge in [-0.1, -0.05) is 0 Å². The topological polar surface area (TPSA) is 83.1 Å². The van der Waals surface area contributed by atoms with Crippen LogP contribution < -0.4 is 5.32 Å². The van der Waals surface area contributed by atoms with Gasteiger partial charge in [0.2, 0.25) is 0 Å². The minimum absolute atomic E-state index is 0.206. The number of rotatable bonds is 5. The number of amides is 1. The average Bonchev–Trinajstić information content (AvgIpc) is 3.04. The molecule has 1 aromatic heterocycles. The van der Waals surface area contributed by atoms with E-state index in [2.05, 4.69) is 20.5 Å². The maximum atomic E-state index is 12.1. The van der Waals surface area contributed by atoms with Crippen molar-refractivity contribution in [2.75, 3.05) is 19.6 Å². The molecule has 7 nitrogen and oxygen atoms in total. The first-order valence-electron chi connectivity index (χ1n) is 7.50. The Labute approximate surface area is 125 Å². The van der Waals surface area contributed by atoms with E-state index in [1.165, 1.54) is 6.33 Å². The quantitative estimate of drug-likeness (QED) is 0.801.